The van der Waals surface area contributed by atoms with Crippen LogP contribution in [0.15, 0.2) is 28.7 Å². The fourth-order valence-corrected chi connectivity index (χ4v) is 2.77. The van der Waals surface area contributed by atoms with Crippen LogP contribution >= 0.6 is 27.5 Å². The summed E-state index contributed by atoms with van der Waals surface area (Å²) in [6.45, 7) is -0.323. The normalized spacial score (nSPS) is 11.7. The third kappa shape index (κ3) is 4.56. The third-order valence-corrected chi connectivity index (χ3v) is 4.81. The lowest BCUT2D eigenvalue weighted by molar-refractivity contribution is -0.118. The quantitative estimate of drug-likeness (QED) is 0.780. The van der Waals surface area contributed by atoms with Crippen LogP contribution in [-0.4, -0.2) is 30.4 Å². The number of carbonyl (C=O) groups is 1. The number of rotatable bonds is 6. The van der Waals surface area contributed by atoms with Gasteiger partial charge in [-0.05, 0) is 17.7 Å². The van der Waals surface area contributed by atoms with Crippen molar-refractivity contribution >= 4 is 43.5 Å². The van der Waals surface area contributed by atoms with E-state index in [0.717, 1.165) is 14.3 Å². The molecular weight excluding hydrogens is 344 g/mol. The Labute approximate surface area is 119 Å². The van der Waals surface area contributed by atoms with Crippen molar-refractivity contribution < 1.29 is 13.2 Å². The molecule has 100 valence electrons. The SMILES string of the molecule is NC(=O)CN(Cc1ccc(Br)cc1)S(=O)(=O)CCl. The zero-order valence-electron chi connectivity index (χ0n) is 9.34. The van der Waals surface area contributed by atoms with Crippen LogP contribution in [0.3, 0.4) is 0 Å². The highest BCUT2D eigenvalue weighted by molar-refractivity contribution is 9.10. The Morgan fingerprint density at radius 2 is 1.89 bits per heavy atom. The smallest absolute Gasteiger partial charge is 0.232 e. The van der Waals surface area contributed by atoms with Gasteiger partial charge in [0.2, 0.25) is 15.9 Å². The van der Waals surface area contributed by atoms with E-state index in [2.05, 4.69) is 15.9 Å². The highest BCUT2D eigenvalue weighted by Crippen LogP contribution is 2.14. The van der Waals surface area contributed by atoms with Gasteiger partial charge in [-0.3, -0.25) is 4.79 Å². The van der Waals surface area contributed by atoms with Crippen LogP contribution in [0.5, 0.6) is 0 Å². The molecule has 0 fully saturated rings. The molecule has 0 heterocycles. The summed E-state index contributed by atoms with van der Waals surface area (Å²) >= 11 is 8.65. The summed E-state index contributed by atoms with van der Waals surface area (Å²) in [5, 5.41) is -0.586. The van der Waals surface area contributed by atoms with Crippen molar-refractivity contribution in [2.75, 3.05) is 11.8 Å². The fourth-order valence-electron chi connectivity index (χ4n) is 1.29. The van der Waals surface area contributed by atoms with E-state index < -0.39 is 21.1 Å². The van der Waals surface area contributed by atoms with Crippen LogP contribution in [-0.2, 0) is 21.4 Å². The Morgan fingerprint density at radius 1 is 1.33 bits per heavy atom. The average molecular weight is 356 g/mol. The second-order valence-electron chi connectivity index (χ2n) is 3.58. The first-order valence-corrected chi connectivity index (χ1v) is 7.85. The molecule has 1 aromatic carbocycles. The molecule has 18 heavy (non-hydrogen) atoms. The number of benzene rings is 1. The van der Waals surface area contributed by atoms with Gasteiger partial charge in [-0.2, -0.15) is 4.31 Å². The Morgan fingerprint density at radius 3 is 2.33 bits per heavy atom. The predicted molar refractivity (Wildman–Crippen MR) is 73.4 cm³/mol. The molecule has 0 aliphatic rings. The van der Waals surface area contributed by atoms with Gasteiger partial charge in [0.05, 0.1) is 6.54 Å². The first-order valence-electron chi connectivity index (χ1n) is 4.91. The van der Waals surface area contributed by atoms with E-state index >= 15 is 0 Å². The van der Waals surface area contributed by atoms with Crippen molar-refractivity contribution in [2.45, 2.75) is 6.54 Å². The number of sulfonamides is 1. The van der Waals surface area contributed by atoms with Gasteiger partial charge in [-0.25, -0.2) is 8.42 Å². The number of halogens is 2. The van der Waals surface area contributed by atoms with Crippen molar-refractivity contribution in [1.29, 1.82) is 0 Å². The van der Waals surface area contributed by atoms with Crippen molar-refractivity contribution in [1.82, 2.24) is 4.31 Å². The van der Waals surface area contributed by atoms with E-state index in [1.54, 1.807) is 24.3 Å². The van der Waals surface area contributed by atoms with Crippen molar-refractivity contribution in [2.24, 2.45) is 5.73 Å². The van der Waals surface area contributed by atoms with Gasteiger partial charge < -0.3 is 5.73 Å². The molecule has 2 N–H and O–H groups in total. The van der Waals surface area contributed by atoms with Crippen LogP contribution in [0.1, 0.15) is 5.56 Å². The van der Waals surface area contributed by atoms with Gasteiger partial charge in [-0.1, -0.05) is 28.1 Å². The maximum absolute atomic E-state index is 11.7. The third-order valence-electron chi connectivity index (χ3n) is 2.14. The average Bonchev–Trinajstić information content (AvgIpc) is 2.30. The first-order chi connectivity index (χ1) is 8.35. The molecule has 0 saturated heterocycles. The van der Waals surface area contributed by atoms with Crippen molar-refractivity contribution in [3.05, 3.63) is 34.3 Å². The Hall–Kier alpha value is -0.630. The molecule has 1 rings (SSSR count). The highest BCUT2D eigenvalue weighted by atomic mass is 79.9. The van der Waals surface area contributed by atoms with Crippen LogP contribution in [0, 0.1) is 0 Å². The molecule has 0 aliphatic heterocycles. The zero-order chi connectivity index (χ0) is 13.8. The Balaban J connectivity index is 2.91. The number of primary amides is 1. The fraction of sp³-hybridized carbons (Fsp3) is 0.300. The molecule has 0 bridgehead atoms. The van der Waals surface area contributed by atoms with Gasteiger partial charge >= 0.3 is 0 Å². The first kappa shape index (κ1) is 15.4. The number of hydrogen-bond donors (Lipinski definition) is 1. The van der Waals surface area contributed by atoms with Crippen LogP contribution in [0.25, 0.3) is 0 Å². The monoisotopic (exact) mass is 354 g/mol. The van der Waals surface area contributed by atoms with Crippen molar-refractivity contribution in [3.8, 4) is 0 Å². The van der Waals surface area contributed by atoms with E-state index in [1.165, 1.54) is 0 Å². The van der Waals surface area contributed by atoms with E-state index in [4.69, 9.17) is 17.3 Å². The summed E-state index contributed by atoms with van der Waals surface area (Å²) < 4.78 is 25.2. The molecule has 0 aliphatic carbocycles. The minimum atomic E-state index is -3.68. The molecule has 5 nitrogen and oxygen atoms in total. The van der Waals surface area contributed by atoms with Gasteiger partial charge in [0.25, 0.3) is 0 Å². The lowest BCUT2D eigenvalue weighted by Gasteiger charge is -2.19. The molecule has 0 saturated carbocycles. The minimum absolute atomic E-state index is 0.0608. The van der Waals surface area contributed by atoms with Gasteiger partial charge in [0.15, 0.2) is 0 Å². The lowest BCUT2D eigenvalue weighted by atomic mass is 10.2. The number of hydrogen-bond acceptors (Lipinski definition) is 3. The standard InChI is InChI=1S/C10H12BrClN2O3S/c11-9-3-1-8(2-4-9)5-14(6-10(13)15)18(16,17)7-12/h1-4H,5-7H2,(H2,13,15). The molecule has 0 aromatic heterocycles. The minimum Gasteiger partial charge on any atom is -0.369 e. The van der Waals surface area contributed by atoms with Crippen molar-refractivity contribution in [3.63, 3.8) is 0 Å². The largest absolute Gasteiger partial charge is 0.369 e. The van der Waals surface area contributed by atoms with E-state index in [9.17, 15) is 13.2 Å². The Kier molecular flexibility index (Phi) is 5.58. The maximum atomic E-state index is 11.7. The molecular formula is C10H12BrClN2O3S. The molecule has 0 radical (unpaired) electrons. The molecule has 8 heteroatoms. The number of alkyl halides is 1. The zero-order valence-corrected chi connectivity index (χ0v) is 12.5. The molecule has 0 unspecified atom stereocenters. The molecule has 1 amide bonds. The molecule has 0 spiro atoms. The Bertz CT molecular complexity index is 518. The molecule has 0 atom stereocenters. The van der Waals surface area contributed by atoms with Crippen LogP contribution in [0.2, 0.25) is 0 Å². The van der Waals surface area contributed by atoms with Crippen LogP contribution in [0.4, 0.5) is 0 Å². The van der Waals surface area contributed by atoms with E-state index in [-0.39, 0.29) is 13.1 Å². The molecule has 1 aromatic rings. The summed E-state index contributed by atoms with van der Waals surface area (Å²) in [5.41, 5.74) is 5.77. The maximum Gasteiger partial charge on any atom is 0.232 e. The summed E-state index contributed by atoms with van der Waals surface area (Å²) in [6.07, 6.45) is 0. The second-order valence-corrected chi connectivity index (χ2v) is 7.05. The highest BCUT2D eigenvalue weighted by Gasteiger charge is 2.22. The number of nitrogens with two attached hydrogens (primary N) is 1. The number of amides is 1. The topological polar surface area (TPSA) is 80.5 Å². The predicted octanol–water partition coefficient (Wildman–Crippen LogP) is 1.26. The number of carbonyl (C=O) groups excluding carboxylic acids is 1. The second kappa shape index (κ2) is 6.51. The van der Waals surface area contributed by atoms with Gasteiger partial charge in [0, 0.05) is 11.0 Å². The van der Waals surface area contributed by atoms with E-state index in [0.29, 0.717) is 0 Å². The summed E-state index contributed by atoms with van der Waals surface area (Å²) in [4.78, 5) is 10.9. The summed E-state index contributed by atoms with van der Waals surface area (Å²) in [5.74, 6) is -0.721. The number of nitrogens with zero attached hydrogens (tertiary/aromatic N) is 1. The van der Waals surface area contributed by atoms with E-state index in [1.807, 2.05) is 0 Å². The van der Waals surface area contributed by atoms with Gasteiger partial charge in [0.1, 0.15) is 5.21 Å². The lowest BCUT2D eigenvalue weighted by Crippen LogP contribution is -2.38. The summed E-state index contributed by atoms with van der Waals surface area (Å²) in [6, 6.07) is 7.07. The van der Waals surface area contributed by atoms with Crippen LogP contribution < -0.4 is 5.73 Å². The summed E-state index contributed by atoms with van der Waals surface area (Å²) in [7, 11) is -3.68. The van der Waals surface area contributed by atoms with Gasteiger partial charge in [-0.15, -0.1) is 11.6 Å².